The van der Waals surface area contributed by atoms with E-state index in [1.807, 2.05) is 0 Å². The van der Waals surface area contributed by atoms with E-state index in [0.717, 1.165) is 4.90 Å². The summed E-state index contributed by atoms with van der Waals surface area (Å²) in [6.07, 6.45) is -1.25. The fourth-order valence-electron chi connectivity index (χ4n) is 4.03. The number of ketones is 1. The van der Waals surface area contributed by atoms with E-state index < -0.39 is 29.7 Å². The summed E-state index contributed by atoms with van der Waals surface area (Å²) in [6.45, 7) is 0. The van der Waals surface area contributed by atoms with E-state index in [9.17, 15) is 19.2 Å². The zero-order chi connectivity index (χ0) is 26.1. The highest BCUT2D eigenvalue weighted by Gasteiger charge is 2.37. The van der Waals surface area contributed by atoms with Gasteiger partial charge in [0, 0.05) is 21.2 Å². The van der Waals surface area contributed by atoms with Crippen molar-refractivity contribution in [3.63, 3.8) is 0 Å². The van der Waals surface area contributed by atoms with Gasteiger partial charge in [0.05, 0.1) is 22.4 Å². The smallest absolute Gasteiger partial charge is 0.339 e. The molecule has 0 fully saturated rings. The first-order valence-corrected chi connectivity index (χ1v) is 11.9. The summed E-state index contributed by atoms with van der Waals surface area (Å²) in [6, 6.07) is 25.2. The minimum absolute atomic E-state index is 0.0256. The van der Waals surface area contributed by atoms with Gasteiger partial charge in [0.15, 0.2) is 6.10 Å². The molecule has 0 N–H and O–H groups in total. The number of hydrogen-bond donors (Lipinski definition) is 0. The van der Waals surface area contributed by atoms with Gasteiger partial charge in [-0.15, -0.1) is 0 Å². The Labute approximate surface area is 222 Å². The standard InChI is InChI=1S/C29H17Cl2NO5/c30-20-9-6-18(7-10-20)26(25(33)17-4-2-1-3-5-17)37-29(36)19-8-15-23-24(16-19)28(35)32(27(23)34)22-13-11-21(31)12-14-22/h1-16,26H/t26-/m1/s1. The van der Waals surface area contributed by atoms with Crippen molar-refractivity contribution in [1.29, 1.82) is 0 Å². The van der Waals surface area contributed by atoms with Gasteiger partial charge in [-0.3, -0.25) is 14.4 Å². The monoisotopic (exact) mass is 529 g/mol. The number of halogens is 2. The molecule has 6 nitrogen and oxygen atoms in total. The van der Waals surface area contributed by atoms with Gasteiger partial charge in [-0.1, -0.05) is 65.7 Å². The summed E-state index contributed by atoms with van der Waals surface area (Å²) in [5.41, 5.74) is 1.41. The van der Waals surface area contributed by atoms with Crippen molar-refractivity contribution in [2.24, 2.45) is 0 Å². The first-order valence-electron chi connectivity index (χ1n) is 11.2. The summed E-state index contributed by atoms with van der Waals surface area (Å²) in [7, 11) is 0. The quantitative estimate of drug-likeness (QED) is 0.160. The minimum atomic E-state index is -1.25. The number of fused-ring (bicyclic) bond motifs is 1. The van der Waals surface area contributed by atoms with Crippen LogP contribution in [0.5, 0.6) is 0 Å². The Hall–Kier alpha value is -4.26. The van der Waals surface area contributed by atoms with Crippen molar-refractivity contribution in [3.05, 3.63) is 135 Å². The Morgan fingerprint density at radius 1 is 0.676 bits per heavy atom. The van der Waals surface area contributed by atoms with Gasteiger partial charge in [-0.05, 0) is 54.6 Å². The molecule has 1 heterocycles. The Balaban J connectivity index is 1.45. The van der Waals surface area contributed by atoms with E-state index in [1.165, 1.54) is 18.2 Å². The van der Waals surface area contributed by atoms with Crippen LogP contribution in [0, 0.1) is 0 Å². The third-order valence-electron chi connectivity index (χ3n) is 5.90. The average molecular weight is 530 g/mol. The molecule has 182 valence electrons. The topological polar surface area (TPSA) is 80.8 Å². The number of Topliss-reactive ketones (excluding diaryl/α,β-unsaturated/α-hetero) is 1. The maximum atomic E-state index is 13.3. The number of rotatable bonds is 6. The number of ether oxygens (including phenoxy) is 1. The number of esters is 1. The third kappa shape index (κ3) is 4.77. The van der Waals surface area contributed by atoms with Crippen LogP contribution in [-0.2, 0) is 4.74 Å². The van der Waals surface area contributed by atoms with Crippen LogP contribution in [0.15, 0.2) is 97.1 Å². The highest BCUT2D eigenvalue weighted by Crippen LogP contribution is 2.31. The number of carbonyl (C=O) groups is 4. The summed E-state index contributed by atoms with van der Waals surface area (Å²) in [5.74, 6) is -2.33. The molecule has 5 rings (SSSR count). The molecule has 0 aliphatic carbocycles. The lowest BCUT2D eigenvalue weighted by atomic mass is 9.99. The second-order valence-electron chi connectivity index (χ2n) is 8.25. The van der Waals surface area contributed by atoms with Gasteiger partial charge in [-0.2, -0.15) is 0 Å². The van der Waals surface area contributed by atoms with Crippen LogP contribution < -0.4 is 4.90 Å². The maximum Gasteiger partial charge on any atom is 0.339 e. The van der Waals surface area contributed by atoms with E-state index in [1.54, 1.807) is 78.9 Å². The molecule has 1 aliphatic rings. The molecule has 2 amide bonds. The fraction of sp³-hybridized carbons (Fsp3) is 0.0345. The molecule has 0 spiro atoms. The summed E-state index contributed by atoms with van der Waals surface area (Å²) in [5, 5.41) is 0.929. The van der Waals surface area contributed by atoms with Gasteiger partial charge in [0.1, 0.15) is 0 Å². The number of anilines is 1. The Morgan fingerprint density at radius 2 is 1.27 bits per heavy atom. The number of imide groups is 1. The average Bonchev–Trinajstić information content (AvgIpc) is 3.17. The molecule has 0 bridgehead atoms. The fourth-order valence-corrected chi connectivity index (χ4v) is 4.28. The highest BCUT2D eigenvalue weighted by atomic mass is 35.5. The van der Waals surface area contributed by atoms with E-state index in [0.29, 0.717) is 26.9 Å². The molecule has 1 aliphatic heterocycles. The number of amides is 2. The lowest BCUT2D eigenvalue weighted by Gasteiger charge is -2.18. The zero-order valence-corrected chi connectivity index (χ0v) is 20.6. The molecule has 0 unspecified atom stereocenters. The first-order chi connectivity index (χ1) is 17.8. The number of hydrogen-bond acceptors (Lipinski definition) is 5. The number of benzene rings is 4. The highest BCUT2D eigenvalue weighted by molar-refractivity contribution is 6.35. The van der Waals surface area contributed by atoms with Crippen LogP contribution in [0.1, 0.15) is 53.1 Å². The minimum Gasteiger partial charge on any atom is -0.445 e. The van der Waals surface area contributed by atoms with Gasteiger partial charge in [0.25, 0.3) is 11.8 Å². The molecule has 4 aromatic carbocycles. The molecule has 37 heavy (non-hydrogen) atoms. The van der Waals surface area contributed by atoms with Crippen LogP contribution in [-0.4, -0.2) is 23.6 Å². The molecule has 0 radical (unpaired) electrons. The third-order valence-corrected chi connectivity index (χ3v) is 6.41. The Morgan fingerprint density at radius 3 is 1.92 bits per heavy atom. The zero-order valence-electron chi connectivity index (χ0n) is 19.1. The van der Waals surface area contributed by atoms with Crippen molar-refractivity contribution in [3.8, 4) is 0 Å². The van der Waals surface area contributed by atoms with Crippen molar-refractivity contribution in [2.75, 3.05) is 4.90 Å². The van der Waals surface area contributed by atoms with Crippen LogP contribution >= 0.6 is 23.2 Å². The van der Waals surface area contributed by atoms with Crippen molar-refractivity contribution in [1.82, 2.24) is 0 Å². The SMILES string of the molecule is O=C(O[C@@H](C(=O)c1ccccc1)c1ccc(Cl)cc1)c1ccc2c(c1)C(=O)N(c1ccc(Cl)cc1)C2=O. The molecule has 1 atom stereocenters. The molecular formula is C29H17Cl2NO5. The van der Waals surface area contributed by atoms with E-state index in [2.05, 4.69) is 0 Å². The first kappa shape index (κ1) is 24.4. The maximum absolute atomic E-state index is 13.3. The van der Waals surface area contributed by atoms with E-state index in [-0.39, 0.29) is 16.7 Å². The number of nitrogens with zero attached hydrogens (tertiary/aromatic N) is 1. The van der Waals surface area contributed by atoms with Gasteiger partial charge in [-0.25, -0.2) is 9.69 Å². The van der Waals surface area contributed by atoms with Gasteiger partial charge >= 0.3 is 5.97 Å². The molecule has 0 aromatic heterocycles. The second-order valence-corrected chi connectivity index (χ2v) is 9.12. The van der Waals surface area contributed by atoms with Crippen molar-refractivity contribution < 1.29 is 23.9 Å². The van der Waals surface area contributed by atoms with Crippen molar-refractivity contribution in [2.45, 2.75) is 6.10 Å². The normalized spacial score (nSPS) is 13.3. The Bertz CT molecular complexity index is 1530. The van der Waals surface area contributed by atoms with E-state index >= 15 is 0 Å². The second kappa shape index (κ2) is 10.0. The largest absolute Gasteiger partial charge is 0.445 e. The lowest BCUT2D eigenvalue weighted by Crippen LogP contribution is -2.29. The molecule has 0 saturated heterocycles. The van der Waals surface area contributed by atoms with Crippen LogP contribution in [0.3, 0.4) is 0 Å². The van der Waals surface area contributed by atoms with Crippen LogP contribution in [0.2, 0.25) is 10.0 Å². The summed E-state index contributed by atoms with van der Waals surface area (Å²) in [4.78, 5) is 53.5. The summed E-state index contributed by atoms with van der Waals surface area (Å²) >= 11 is 11.9. The lowest BCUT2D eigenvalue weighted by molar-refractivity contribution is 0.0280. The van der Waals surface area contributed by atoms with Crippen molar-refractivity contribution >= 4 is 52.5 Å². The predicted molar refractivity (Wildman–Crippen MR) is 139 cm³/mol. The number of carbonyl (C=O) groups excluding carboxylic acids is 4. The predicted octanol–water partition coefficient (Wildman–Crippen LogP) is 6.58. The molecule has 4 aromatic rings. The van der Waals surface area contributed by atoms with Crippen LogP contribution in [0.25, 0.3) is 0 Å². The Kier molecular flexibility index (Phi) is 6.61. The van der Waals surface area contributed by atoms with Crippen LogP contribution in [0.4, 0.5) is 5.69 Å². The van der Waals surface area contributed by atoms with E-state index in [4.69, 9.17) is 27.9 Å². The molecular weight excluding hydrogens is 513 g/mol. The van der Waals surface area contributed by atoms with Gasteiger partial charge in [0.2, 0.25) is 5.78 Å². The molecule has 0 saturated carbocycles. The molecule has 8 heteroatoms. The summed E-state index contributed by atoms with van der Waals surface area (Å²) < 4.78 is 5.67. The van der Waals surface area contributed by atoms with Gasteiger partial charge < -0.3 is 4.74 Å².